The Morgan fingerprint density at radius 2 is 1.53 bits per heavy atom. The maximum atomic E-state index is 14.6. The van der Waals surface area contributed by atoms with E-state index >= 15 is 0 Å². The summed E-state index contributed by atoms with van der Waals surface area (Å²) in [4.78, 5) is 35.6. The van der Waals surface area contributed by atoms with Gasteiger partial charge in [0.25, 0.3) is 0 Å². The minimum Gasteiger partial charge on any atom is -0.496 e. The summed E-state index contributed by atoms with van der Waals surface area (Å²) in [5, 5.41) is 0. The Labute approximate surface area is 210 Å². The van der Waals surface area contributed by atoms with Crippen molar-refractivity contribution in [3.63, 3.8) is 0 Å². The summed E-state index contributed by atoms with van der Waals surface area (Å²) in [5.41, 5.74) is 2.16. The van der Waals surface area contributed by atoms with Crippen LogP contribution in [0.4, 0.5) is 4.39 Å². The van der Waals surface area contributed by atoms with Crippen LogP contribution in [0.15, 0.2) is 60.7 Å². The highest BCUT2D eigenvalue weighted by atomic mass is 19.1. The van der Waals surface area contributed by atoms with E-state index in [1.807, 2.05) is 0 Å². The van der Waals surface area contributed by atoms with Crippen LogP contribution in [0.2, 0.25) is 0 Å². The molecule has 1 atom stereocenters. The average molecular weight is 499 g/mol. The minimum absolute atomic E-state index is 0.0135. The second-order valence-electron chi connectivity index (χ2n) is 8.64. The molecule has 2 aromatic carbocycles. The first-order valence-corrected chi connectivity index (χ1v) is 11.3. The number of ether oxygens (including phenoxy) is 4. The van der Waals surface area contributed by atoms with E-state index in [1.165, 1.54) is 33.1 Å². The Balaban J connectivity index is 2.35. The van der Waals surface area contributed by atoms with E-state index in [-0.39, 0.29) is 42.0 Å². The number of halogens is 1. The summed E-state index contributed by atoms with van der Waals surface area (Å²) in [5.74, 6) is -2.95. The Kier molecular flexibility index (Phi) is 9.96. The van der Waals surface area contributed by atoms with E-state index in [9.17, 15) is 18.8 Å². The van der Waals surface area contributed by atoms with Gasteiger partial charge < -0.3 is 18.9 Å². The van der Waals surface area contributed by atoms with Crippen molar-refractivity contribution in [2.45, 2.75) is 33.6 Å². The monoisotopic (exact) mass is 498 g/mol. The average Bonchev–Trinajstić information content (AvgIpc) is 2.84. The molecule has 36 heavy (non-hydrogen) atoms. The van der Waals surface area contributed by atoms with E-state index in [2.05, 4.69) is 13.2 Å². The SMILES string of the molecule is C=C(C)C(=O)OCC(COC(=O)C(C)C)c1ccc(-c2ccc(OC(=O)C(=C)C)c(F)c2)c(OC)c1. The summed E-state index contributed by atoms with van der Waals surface area (Å²) in [7, 11) is 1.47. The third-order valence-corrected chi connectivity index (χ3v) is 5.15. The number of rotatable bonds is 11. The molecule has 0 radical (unpaired) electrons. The van der Waals surface area contributed by atoms with E-state index in [1.54, 1.807) is 38.1 Å². The van der Waals surface area contributed by atoms with Crippen molar-refractivity contribution in [3.05, 3.63) is 72.1 Å². The molecule has 0 bridgehead atoms. The van der Waals surface area contributed by atoms with Crippen molar-refractivity contribution < 1.29 is 37.7 Å². The third kappa shape index (κ3) is 7.53. The molecule has 7 nitrogen and oxygen atoms in total. The maximum Gasteiger partial charge on any atom is 0.338 e. The van der Waals surface area contributed by atoms with Crippen LogP contribution in [0.1, 0.15) is 39.2 Å². The zero-order valence-electron chi connectivity index (χ0n) is 21.2. The molecule has 2 rings (SSSR count). The van der Waals surface area contributed by atoms with E-state index in [0.717, 1.165) is 0 Å². The zero-order chi connectivity index (χ0) is 27.0. The molecular formula is C28H31FO7. The maximum absolute atomic E-state index is 14.6. The van der Waals surface area contributed by atoms with Gasteiger partial charge in [0.15, 0.2) is 11.6 Å². The first kappa shape index (κ1) is 28.3. The predicted molar refractivity (Wildman–Crippen MR) is 133 cm³/mol. The molecule has 0 spiro atoms. The van der Waals surface area contributed by atoms with Gasteiger partial charge in [-0.05, 0) is 43.2 Å². The van der Waals surface area contributed by atoms with Gasteiger partial charge >= 0.3 is 17.9 Å². The Bertz CT molecular complexity index is 1170. The van der Waals surface area contributed by atoms with Gasteiger partial charge in [-0.3, -0.25) is 4.79 Å². The topological polar surface area (TPSA) is 88.1 Å². The molecule has 0 amide bonds. The second kappa shape index (κ2) is 12.7. The molecule has 0 aromatic heterocycles. The van der Waals surface area contributed by atoms with Crippen molar-refractivity contribution in [2.75, 3.05) is 20.3 Å². The van der Waals surface area contributed by atoms with Gasteiger partial charge in [-0.25, -0.2) is 14.0 Å². The van der Waals surface area contributed by atoms with E-state index < -0.39 is 23.7 Å². The molecule has 1 unspecified atom stereocenters. The Morgan fingerprint density at radius 3 is 2.08 bits per heavy atom. The van der Waals surface area contributed by atoms with Gasteiger partial charge in [0.2, 0.25) is 0 Å². The van der Waals surface area contributed by atoms with Crippen LogP contribution in [-0.4, -0.2) is 38.2 Å². The molecule has 0 heterocycles. The second-order valence-corrected chi connectivity index (χ2v) is 8.64. The lowest BCUT2D eigenvalue weighted by Gasteiger charge is -2.20. The van der Waals surface area contributed by atoms with E-state index in [4.69, 9.17) is 18.9 Å². The largest absolute Gasteiger partial charge is 0.496 e. The number of benzene rings is 2. The number of methoxy groups -OCH3 is 1. The standard InChI is InChI=1S/C28H31FO7/c1-16(2)26(30)34-14-21(15-35-27(31)17(3)4)19-8-10-22(25(13-19)33-7)20-9-11-24(23(29)12-20)36-28(32)18(5)6/h8-13,17,21H,1,5,14-15H2,2-4,6-7H3. The van der Waals surface area contributed by atoms with Crippen LogP contribution in [0.25, 0.3) is 11.1 Å². The summed E-state index contributed by atoms with van der Waals surface area (Å²) in [6, 6.07) is 9.37. The first-order chi connectivity index (χ1) is 16.9. The Hall–Kier alpha value is -3.94. The highest BCUT2D eigenvalue weighted by Crippen LogP contribution is 2.35. The van der Waals surface area contributed by atoms with Gasteiger partial charge in [-0.2, -0.15) is 0 Å². The van der Waals surface area contributed by atoms with Gasteiger partial charge in [-0.15, -0.1) is 0 Å². The summed E-state index contributed by atoms with van der Waals surface area (Å²) < 4.78 is 35.9. The number of hydrogen-bond donors (Lipinski definition) is 0. The fourth-order valence-corrected chi connectivity index (χ4v) is 3.03. The zero-order valence-corrected chi connectivity index (χ0v) is 21.2. The van der Waals surface area contributed by atoms with Crippen LogP contribution in [-0.2, 0) is 23.9 Å². The van der Waals surface area contributed by atoms with Crippen molar-refractivity contribution in [3.8, 4) is 22.6 Å². The molecular weight excluding hydrogens is 467 g/mol. The lowest BCUT2D eigenvalue weighted by Crippen LogP contribution is -2.21. The minimum atomic E-state index is -0.724. The number of carbonyl (C=O) groups is 3. The molecule has 0 saturated carbocycles. The van der Waals surface area contributed by atoms with Crippen LogP contribution in [0.3, 0.4) is 0 Å². The van der Waals surface area contributed by atoms with Gasteiger partial charge in [-0.1, -0.05) is 45.2 Å². The Morgan fingerprint density at radius 1 is 0.889 bits per heavy atom. The normalized spacial score (nSPS) is 11.4. The summed E-state index contributed by atoms with van der Waals surface area (Å²) in [6.07, 6.45) is 0. The molecule has 192 valence electrons. The lowest BCUT2D eigenvalue weighted by atomic mass is 9.96. The van der Waals surface area contributed by atoms with Crippen LogP contribution in [0.5, 0.6) is 11.5 Å². The van der Waals surface area contributed by atoms with Gasteiger partial charge in [0, 0.05) is 16.7 Å². The van der Waals surface area contributed by atoms with Gasteiger partial charge in [0.05, 0.1) is 18.9 Å². The molecule has 2 aromatic rings. The molecule has 8 heteroatoms. The van der Waals surface area contributed by atoms with Crippen LogP contribution < -0.4 is 9.47 Å². The fourth-order valence-electron chi connectivity index (χ4n) is 3.03. The number of carbonyl (C=O) groups excluding carboxylic acids is 3. The highest BCUT2D eigenvalue weighted by molar-refractivity contribution is 5.89. The van der Waals surface area contributed by atoms with E-state index in [0.29, 0.717) is 22.4 Å². The third-order valence-electron chi connectivity index (χ3n) is 5.15. The number of esters is 3. The van der Waals surface area contributed by atoms with Crippen molar-refractivity contribution >= 4 is 17.9 Å². The predicted octanol–water partition coefficient (Wildman–Crippen LogP) is 5.38. The van der Waals surface area contributed by atoms with Crippen LogP contribution in [0, 0.1) is 11.7 Å². The van der Waals surface area contributed by atoms with Gasteiger partial charge in [0.1, 0.15) is 19.0 Å². The molecule has 0 saturated heterocycles. The summed E-state index contributed by atoms with van der Waals surface area (Å²) >= 11 is 0. The molecule has 0 fully saturated rings. The van der Waals surface area contributed by atoms with Crippen molar-refractivity contribution in [1.29, 1.82) is 0 Å². The quantitative estimate of drug-likeness (QED) is 0.233. The highest BCUT2D eigenvalue weighted by Gasteiger charge is 2.21. The fraction of sp³-hybridized carbons (Fsp3) is 0.321. The van der Waals surface area contributed by atoms with Crippen molar-refractivity contribution in [2.24, 2.45) is 5.92 Å². The molecule has 0 aliphatic rings. The first-order valence-electron chi connectivity index (χ1n) is 11.3. The lowest BCUT2D eigenvalue weighted by molar-refractivity contribution is -0.149. The molecule has 0 aliphatic heterocycles. The molecule has 0 aliphatic carbocycles. The number of hydrogen-bond acceptors (Lipinski definition) is 7. The smallest absolute Gasteiger partial charge is 0.338 e. The van der Waals surface area contributed by atoms with Crippen LogP contribution >= 0.6 is 0 Å². The van der Waals surface area contributed by atoms with Crippen molar-refractivity contribution in [1.82, 2.24) is 0 Å². The molecule has 0 N–H and O–H groups in total. The summed E-state index contributed by atoms with van der Waals surface area (Å²) in [6.45, 7) is 13.4.